The van der Waals surface area contributed by atoms with E-state index in [9.17, 15) is 24.3 Å². The van der Waals surface area contributed by atoms with Gasteiger partial charge in [0.15, 0.2) is 5.88 Å². The molecule has 2 aliphatic heterocycles. The number of rotatable bonds is 2. The summed E-state index contributed by atoms with van der Waals surface area (Å²) in [5.41, 5.74) is -0.212. The minimum Gasteiger partial charge on any atom is -0.480 e. The molecule has 10 nitrogen and oxygen atoms in total. The van der Waals surface area contributed by atoms with E-state index >= 15 is 0 Å². The summed E-state index contributed by atoms with van der Waals surface area (Å²) in [6.45, 7) is 0.378. The van der Waals surface area contributed by atoms with Crippen LogP contribution in [0.15, 0.2) is 35.1 Å². The van der Waals surface area contributed by atoms with Crippen LogP contribution in [0.1, 0.15) is 64.2 Å². The SMILES string of the molecule is O=C1NC(C2CCCC2)C(=O)N2CC(CC2C(=O)O)Oc2cccc(=O)n2CC=CCCC2CCCC2O1. The lowest BCUT2D eigenvalue weighted by atomic mass is 9.96. The van der Waals surface area contributed by atoms with Crippen molar-refractivity contribution in [1.29, 1.82) is 0 Å². The molecule has 206 valence electrons. The molecule has 0 aromatic carbocycles. The largest absolute Gasteiger partial charge is 0.480 e. The first kappa shape index (κ1) is 26.3. The molecule has 1 aromatic heterocycles. The number of ether oxygens (including phenoxy) is 2. The molecule has 0 spiro atoms. The van der Waals surface area contributed by atoms with Crippen LogP contribution in [0.25, 0.3) is 0 Å². The van der Waals surface area contributed by atoms with Gasteiger partial charge in [-0.3, -0.25) is 14.2 Å². The lowest BCUT2D eigenvalue weighted by Gasteiger charge is -2.31. The third kappa shape index (κ3) is 5.73. The van der Waals surface area contributed by atoms with Crippen molar-refractivity contribution in [3.05, 3.63) is 40.7 Å². The standard InChI is InChI=1S/C28H37N3O7/c32-23-13-7-14-24-30(23)15-5-1-2-8-18-11-6-12-22(18)38-28(36)29-25(19-9-3-4-10-19)26(33)31-17-20(37-24)16-21(31)27(34)35/h1,5,7,13-14,18-22,25H,2-4,6,8-12,15-17H2,(H,29,36)(H,34,35). The Kier molecular flexibility index (Phi) is 8.04. The van der Waals surface area contributed by atoms with E-state index in [1.807, 2.05) is 12.2 Å². The molecule has 5 rings (SSSR count). The lowest BCUT2D eigenvalue weighted by Crippen LogP contribution is -2.55. The number of carbonyl (C=O) groups excluding carboxylic acids is 2. The van der Waals surface area contributed by atoms with Crippen molar-refractivity contribution >= 4 is 18.0 Å². The molecule has 2 aliphatic carbocycles. The smallest absolute Gasteiger partial charge is 0.408 e. The van der Waals surface area contributed by atoms with Crippen molar-refractivity contribution in [2.24, 2.45) is 11.8 Å². The third-order valence-electron chi connectivity index (χ3n) is 8.55. The minimum absolute atomic E-state index is 0.0549. The Bertz CT molecular complexity index is 1130. The molecular formula is C28H37N3O7. The molecule has 1 saturated heterocycles. The van der Waals surface area contributed by atoms with Gasteiger partial charge in [-0.1, -0.05) is 31.1 Å². The number of carboxylic acid groups (broad SMARTS) is 1. The number of hydrogen-bond acceptors (Lipinski definition) is 6. The maximum atomic E-state index is 13.8. The van der Waals surface area contributed by atoms with Gasteiger partial charge in [-0.25, -0.2) is 9.59 Å². The number of nitrogens with one attached hydrogen (secondary N) is 1. The van der Waals surface area contributed by atoms with E-state index < -0.39 is 36.2 Å². The van der Waals surface area contributed by atoms with E-state index in [0.29, 0.717) is 12.4 Å². The molecule has 2 N–H and O–H groups in total. The number of carbonyl (C=O) groups is 3. The number of aliphatic carboxylic acids is 1. The summed E-state index contributed by atoms with van der Waals surface area (Å²) < 4.78 is 13.5. The predicted octanol–water partition coefficient (Wildman–Crippen LogP) is 3.08. The molecule has 1 aromatic rings. The van der Waals surface area contributed by atoms with Gasteiger partial charge in [0.1, 0.15) is 24.3 Å². The molecule has 38 heavy (non-hydrogen) atoms. The van der Waals surface area contributed by atoms with Gasteiger partial charge in [-0.05, 0) is 62.8 Å². The van der Waals surface area contributed by atoms with Crippen LogP contribution >= 0.6 is 0 Å². The number of allylic oxidation sites excluding steroid dienone is 2. The Morgan fingerprint density at radius 1 is 0.947 bits per heavy atom. The Hall–Kier alpha value is -3.30. The van der Waals surface area contributed by atoms with Crippen molar-refractivity contribution in [1.82, 2.24) is 14.8 Å². The van der Waals surface area contributed by atoms with Crippen molar-refractivity contribution in [2.45, 2.75) is 95.0 Å². The lowest BCUT2D eigenvalue weighted by molar-refractivity contribution is -0.149. The second-order valence-electron chi connectivity index (χ2n) is 11.0. The van der Waals surface area contributed by atoms with Gasteiger partial charge < -0.3 is 24.8 Å². The maximum absolute atomic E-state index is 13.8. The Morgan fingerprint density at radius 2 is 1.74 bits per heavy atom. The van der Waals surface area contributed by atoms with E-state index in [0.717, 1.165) is 57.8 Å². The van der Waals surface area contributed by atoms with Gasteiger partial charge in [-0.2, -0.15) is 0 Å². The first-order chi connectivity index (χ1) is 18.4. The molecule has 2 saturated carbocycles. The Labute approximate surface area is 222 Å². The highest BCUT2D eigenvalue weighted by atomic mass is 16.6. The van der Waals surface area contributed by atoms with Crippen LogP contribution in [0.3, 0.4) is 0 Å². The summed E-state index contributed by atoms with van der Waals surface area (Å²) >= 11 is 0. The predicted molar refractivity (Wildman–Crippen MR) is 138 cm³/mol. The molecule has 10 heteroatoms. The van der Waals surface area contributed by atoms with Crippen molar-refractivity contribution in [3.63, 3.8) is 0 Å². The third-order valence-corrected chi connectivity index (χ3v) is 8.55. The maximum Gasteiger partial charge on any atom is 0.408 e. The summed E-state index contributed by atoms with van der Waals surface area (Å²) in [5, 5.41) is 12.8. The van der Waals surface area contributed by atoms with Gasteiger partial charge in [0.25, 0.3) is 5.56 Å². The van der Waals surface area contributed by atoms with E-state index in [-0.39, 0.29) is 36.5 Å². The Balaban J connectivity index is 1.46. The van der Waals surface area contributed by atoms with Gasteiger partial charge in [-0.15, -0.1) is 0 Å². The summed E-state index contributed by atoms with van der Waals surface area (Å²) in [6.07, 6.45) is 10.5. The molecule has 4 aliphatic rings. The monoisotopic (exact) mass is 527 g/mol. The number of pyridine rings is 1. The number of hydrogen-bond donors (Lipinski definition) is 2. The van der Waals surface area contributed by atoms with Crippen molar-refractivity contribution in [3.8, 4) is 5.88 Å². The molecule has 5 atom stereocenters. The van der Waals surface area contributed by atoms with E-state index in [1.54, 1.807) is 12.1 Å². The highest BCUT2D eigenvalue weighted by Gasteiger charge is 2.45. The average Bonchev–Trinajstić information content (AvgIpc) is 3.65. The van der Waals surface area contributed by atoms with Crippen LogP contribution in [0, 0.1) is 11.8 Å². The average molecular weight is 528 g/mol. The molecule has 5 unspecified atom stereocenters. The fourth-order valence-corrected chi connectivity index (χ4v) is 6.56. The molecule has 2 bridgehead atoms. The van der Waals surface area contributed by atoms with E-state index in [2.05, 4.69) is 5.32 Å². The highest BCUT2D eigenvalue weighted by molar-refractivity contribution is 5.90. The minimum atomic E-state index is -1.12. The molecule has 3 fully saturated rings. The zero-order valence-electron chi connectivity index (χ0n) is 21.6. The number of aromatic nitrogens is 1. The van der Waals surface area contributed by atoms with Gasteiger partial charge in [0.2, 0.25) is 5.91 Å². The van der Waals surface area contributed by atoms with Gasteiger partial charge >= 0.3 is 12.1 Å². The fourth-order valence-electron chi connectivity index (χ4n) is 6.56. The second kappa shape index (κ2) is 11.6. The summed E-state index contributed by atoms with van der Waals surface area (Å²) in [4.78, 5) is 53.0. The van der Waals surface area contributed by atoms with Crippen LogP contribution in [0.4, 0.5) is 4.79 Å². The normalized spacial score (nSPS) is 30.9. The van der Waals surface area contributed by atoms with E-state index in [4.69, 9.17) is 9.47 Å². The molecular weight excluding hydrogens is 490 g/mol. The van der Waals surface area contributed by atoms with Gasteiger partial charge in [0.05, 0.1) is 6.54 Å². The second-order valence-corrected chi connectivity index (χ2v) is 11.0. The number of fused-ring (bicyclic) bond motifs is 4. The number of alkyl carbamates (subject to hydrolysis) is 1. The van der Waals surface area contributed by atoms with Gasteiger partial charge in [0, 0.05) is 19.0 Å². The number of carboxylic acids is 1. The quantitative estimate of drug-likeness (QED) is 0.566. The summed E-state index contributed by atoms with van der Waals surface area (Å²) in [6, 6.07) is 2.84. The van der Waals surface area contributed by atoms with Crippen molar-refractivity contribution in [2.75, 3.05) is 6.54 Å². The molecule has 2 amide bonds. The number of amides is 2. The first-order valence-electron chi connectivity index (χ1n) is 13.9. The van der Waals surface area contributed by atoms with Crippen LogP contribution in [0.2, 0.25) is 0 Å². The van der Waals surface area contributed by atoms with Crippen LogP contribution in [-0.2, 0) is 20.9 Å². The first-order valence-corrected chi connectivity index (χ1v) is 13.9. The van der Waals surface area contributed by atoms with E-state index in [1.165, 1.54) is 15.5 Å². The summed E-state index contributed by atoms with van der Waals surface area (Å²) in [5.74, 6) is -1.02. The number of nitrogens with zero attached hydrogens (tertiary/aromatic N) is 2. The fraction of sp³-hybridized carbons (Fsp3) is 0.643. The molecule has 0 radical (unpaired) electrons. The zero-order chi connectivity index (χ0) is 26.6. The summed E-state index contributed by atoms with van der Waals surface area (Å²) in [7, 11) is 0. The topological polar surface area (TPSA) is 127 Å². The Morgan fingerprint density at radius 3 is 2.53 bits per heavy atom. The zero-order valence-corrected chi connectivity index (χ0v) is 21.6. The van der Waals surface area contributed by atoms with Crippen LogP contribution < -0.4 is 15.6 Å². The van der Waals surface area contributed by atoms with Crippen LogP contribution in [0.5, 0.6) is 5.88 Å². The van der Waals surface area contributed by atoms with Crippen molar-refractivity contribution < 1.29 is 29.0 Å². The van der Waals surface area contributed by atoms with Crippen LogP contribution in [-0.4, -0.2) is 63.4 Å². The molecule has 3 heterocycles. The highest BCUT2D eigenvalue weighted by Crippen LogP contribution is 2.34.